The Morgan fingerprint density at radius 3 is 1.64 bits per heavy atom. The summed E-state index contributed by atoms with van der Waals surface area (Å²) in [5, 5.41) is -0.0193. The molecule has 0 atom stereocenters. The molecule has 84 valence electrons. The van der Waals surface area contributed by atoms with Crippen LogP contribution in [0.3, 0.4) is 0 Å². The van der Waals surface area contributed by atoms with Gasteiger partial charge < -0.3 is 8.85 Å². The predicted molar refractivity (Wildman–Crippen MR) is 63.8 cm³/mol. The van der Waals surface area contributed by atoms with Gasteiger partial charge in [0, 0.05) is 17.2 Å². The molecule has 0 saturated heterocycles. The Morgan fingerprint density at radius 2 is 1.43 bits per heavy atom. The lowest BCUT2D eigenvalue weighted by Gasteiger charge is -2.32. The van der Waals surface area contributed by atoms with Crippen LogP contribution in [0.2, 0.25) is 5.04 Å². The van der Waals surface area contributed by atoms with E-state index in [0.29, 0.717) is 0 Å². The molecule has 0 rings (SSSR count). The van der Waals surface area contributed by atoms with Crippen molar-refractivity contribution in [2.45, 2.75) is 58.8 Å². The van der Waals surface area contributed by atoms with Crippen LogP contribution >= 0.6 is 0 Å². The van der Waals surface area contributed by atoms with Crippen LogP contribution in [0, 0.1) is 0 Å². The first-order chi connectivity index (χ1) is 6.29. The number of hydrogen-bond donors (Lipinski definition) is 0. The molecular weight excluding hydrogens is 192 g/mol. The molecule has 0 aromatic rings. The second kappa shape index (κ2) is 5.68. The van der Waals surface area contributed by atoms with Crippen LogP contribution in [0.5, 0.6) is 0 Å². The van der Waals surface area contributed by atoms with Crippen LogP contribution in [0.4, 0.5) is 0 Å². The third-order valence-corrected chi connectivity index (χ3v) is 4.96. The van der Waals surface area contributed by atoms with Gasteiger partial charge in [-0.25, -0.2) is 0 Å². The smallest absolute Gasteiger partial charge is 0.331 e. The molecule has 0 unspecified atom stereocenters. The zero-order valence-electron chi connectivity index (χ0n) is 10.3. The van der Waals surface area contributed by atoms with E-state index in [4.69, 9.17) is 8.85 Å². The summed E-state index contributed by atoms with van der Waals surface area (Å²) in [4.78, 5) is 0. The SMILES string of the molecule is C=CC(C)(C)[SiH](OC(C)C)OC(C)C. The number of allylic oxidation sites excluding steroid dienone is 1. The van der Waals surface area contributed by atoms with Crippen molar-refractivity contribution in [2.75, 3.05) is 0 Å². The Balaban J connectivity index is 4.45. The summed E-state index contributed by atoms with van der Waals surface area (Å²) in [6.07, 6.45) is 2.39. The van der Waals surface area contributed by atoms with Crippen molar-refractivity contribution in [3.8, 4) is 0 Å². The van der Waals surface area contributed by atoms with Crippen molar-refractivity contribution >= 4 is 9.28 Å². The van der Waals surface area contributed by atoms with Gasteiger partial charge in [0.25, 0.3) is 0 Å². The van der Waals surface area contributed by atoms with Crippen molar-refractivity contribution < 1.29 is 8.85 Å². The first-order valence-electron chi connectivity index (χ1n) is 5.24. The normalized spacial score (nSPS) is 12.9. The van der Waals surface area contributed by atoms with Gasteiger partial charge >= 0.3 is 9.28 Å². The van der Waals surface area contributed by atoms with Crippen molar-refractivity contribution in [3.63, 3.8) is 0 Å². The summed E-state index contributed by atoms with van der Waals surface area (Å²) in [7, 11) is -1.68. The molecule has 0 aliphatic carbocycles. The average molecular weight is 216 g/mol. The quantitative estimate of drug-likeness (QED) is 0.502. The number of rotatable bonds is 6. The largest absolute Gasteiger partial charge is 0.394 e. The maximum atomic E-state index is 5.86. The highest BCUT2D eigenvalue weighted by Gasteiger charge is 2.33. The fourth-order valence-corrected chi connectivity index (χ4v) is 2.92. The maximum Gasteiger partial charge on any atom is 0.331 e. The second-order valence-corrected chi connectivity index (χ2v) is 7.42. The van der Waals surface area contributed by atoms with E-state index >= 15 is 0 Å². The third kappa shape index (κ3) is 4.93. The van der Waals surface area contributed by atoms with Crippen LogP contribution in [0.15, 0.2) is 12.7 Å². The predicted octanol–water partition coefficient (Wildman–Crippen LogP) is 3.02. The van der Waals surface area contributed by atoms with Crippen LogP contribution in [-0.4, -0.2) is 21.5 Å². The highest BCUT2D eigenvalue weighted by Crippen LogP contribution is 2.31. The van der Waals surface area contributed by atoms with Crippen molar-refractivity contribution in [1.82, 2.24) is 0 Å². The summed E-state index contributed by atoms with van der Waals surface area (Å²) >= 11 is 0. The van der Waals surface area contributed by atoms with Gasteiger partial charge in [0.2, 0.25) is 0 Å². The summed E-state index contributed by atoms with van der Waals surface area (Å²) in [5.74, 6) is 0. The fraction of sp³-hybridized carbons (Fsp3) is 0.818. The monoisotopic (exact) mass is 216 g/mol. The second-order valence-electron chi connectivity index (χ2n) is 4.73. The highest BCUT2D eigenvalue weighted by molar-refractivity contribution is 6.49. The van der Waals surface area contributed by atoms with Crippen LogP contribution in [0.1, 0.15) is 41.5 Å². The minimum Gasteiger partial charge on any atom is -0.394 e. The molecule has 2 nitrogen and oxygen atoms in total. The molecule has 0 saturated carbocycles. The number of hydrogen-bond acceptors (Lipinski definition) is 2. The summed E-state index contributed by atoms with van der Waals surface area (Å²) in [6.45, 7) is 16.3. The molecule has 14 heavy (non-hydrogen) atoms. The Labute approximate surface area is 90.2 Å². The lowest BCUT2D eigenvalue weighted by atomic mass is 10.2. The zero-order valence-corrected chi connectivity index (χ0v) is 11.5. The molecule has 0 spiro atoms. The Kier molecular flexibility index (Phi) is 5.63. The van der Waals surface area contributed by atoms with Crippen LogP contribution < -0.4 is 0 Å². The molecular formula is C11H24O2Si. The van der Waals surface area contributed by atoms with Crippen molar-refractivity contribution in [3.05, 3.63) is 12.7 Å². The van der Waals surface area contributed by atoms with Gasteiger partial charge in [-0.05, 0) is 27.7 Å². The van der Waals surface area contributed by atoms with Crippen LogP contribution in [-0.2, 0) is 8.85 Å². The standard InChI is InChI=1S/C11H24O2Si/c1-8-11(6,7)14(12-9(2)3)13-10(4)5/h8-10,14H,1H2,2-7H3. The maximum absolute atomic E-state index is 5.86. The fourth-order valence-electron chi connectivity index (χ4n) is 0.973. The summed E-state index contributed by atoms with van der Waals surface area (Å²) < 4.78 is 11.7. The van der Waals surface area contributed by atoms with E-state index in [0.717, 1.165) is 0 Å². The van der Waals surface area contributed by atoms with E-state index in [1.807, 2.05) is 33.8 Å². The van der Waals surface area contributed by atoms with E-state index in [2.05, 4.69) is 20.4 Å². The first-order valence-corrected chi connectivity index (χ1v) is 6.76. The van der Waals surface area contributed by atoms with Gasteiger partial charge in [-0.1, -0.05) is 19.9 Å². The minimum atomic E-state index is -1.68. The van der Waals surface area contributed by atoms with Gasteiger partial charge in [-0.15, -0.1) is 6.58 Å². The van der Waals surface area contributed by atoms with Crippen molar-refractivity contribution in [1.29, 1.82) is 0 Å². The van der Waals surface area contributed by atoms with E-state index in [9.17, 15) is 0 Å². The van der Waals surface area contributed by atoms with Gasteiger partial charge in [0.15, 0.2) is 0 Å². The molecule has 0 radical (unpaired) electrons. The van der Waals surface area contributed by atoms with E-state index in [1.54, 1.807) is 0 Å². The molecule has 0 bridgehead atoms. The molecule has 0 N–H and O–H groups in total. The Bertz CT molecular complexity index is 166. The van der Waals surface area contributed by atoms with Gasteiger partial charge in [0.1, 0.15) is 0 Å². The van der Waals surface area contributed by atoms with E-state index in [-0.39, 0.29) is 17.2 Å². The zero-order chi connectivity index (χ0) is 11.4. The molecule has 0 aromatic carbocycles. The van der Waals surface area contributed by atoms with Crippen LogP contribution in [0.25, 0.3) is 0 Å². The summed E-state index contributed by atoms with van der Waals surface area (Å²) in [5.41, 5.74) is 0. The lowest BCUT2D eigenvalue weighted by molar-refractivity contribution is 0.118. The Morgan fingerprint density at radius 1 is 1.07 bits per heavy atom. The van der Waals surface area contributed by atoms with Gasteiger partial charge in [0.05, 0.1) is 0 Å². The molecule has 0 aliphatic heterocycles. The summed E-state index contributed by atoms with van der Waals surface area (Å²) in [6, 6.07) is 0. The molecule has 0 amide bonds. The molecule has 0 aromatic heterocycles. The Hall–Kier alpha value is -0.123. The first kappa shape index (κ1) is 13.9. The van der Waals surface area contributed by atoms with E-state index in [1.165, 1.54) is 0 Å². The molecule has 0 fully saturated rings. The third-order valence-electron chi connectivity index (χ3n) is 1.93. The van der Waals surface area contributed by atoms with E-state index < -0.39 is 9.28 Å². The lowest BCUT2D eigenvalue weighted by Crippen LogP contribution is -2.37. The molecule has 0 heterocycles. The van der Waals surface area contributed by atoms with Gasteiger partial charge in [-0.3, -0.25) is 0 Å². The molecule has 0 aliphatic rings. The minimum absolute atomic E-state index is 0.0193. The highest BCUT2D eigenvalue weighted by atomic mass is 28.3. The van der Waals surface area contributed by atoms with Gasteiger partial charge in [-0.2, -0.15) is 0 Å². The topological polar surface area (TPSA) is 18.5 Å². The average Bonchev–Trinajstić information content (AvgIpc) is 2.01. The van der Waals surface area contributed by atoms with Crippen molar-refractivity contribution in [2.24, 2.45) is 0 Å². The molecule has 3 heteroatoms.